The molecule has 0 aromatic rings. The minimum Gasteiger partial charge on any atom is -0.312 e. The first-order valence-electron chi connectivity index (χ1n) is 4.49. The normalized spacial score (nSPS) is 14.4. The Morgan fingerprint density at radius 2 is 2.07 bits per heavy atom. The van der Waals surface area contributed by atoms with Crippen LogP contribution in [0.25, 0.3) is 0 Å². The number of halogens is 4. The maximum Gasteiger partial charge on any atom is 0.522 e. The van der Waals surface area contributed by atoms with E-state index in [1.54, 1.807) is 0 Å². The molecule has 0 heterocycles. The van der Waals surface area contributed by atoms with E-state index >= 15 is 0 Å². The van der Waals surface area contributed by atoms with Gasteiger partial charge in [0.2, 0.25) is 0 Å². The van der Waals surface area contributed by atoms with E-state index in [2.05, 4.69) is 26.0 Å². The molecular formula is C8H15BrF3NO. The summed E-state index contributed by atoms with van der Waals surface area (Å²) in [6.07, 6.45) is -2.71. The highest BCUT2D eigenvalue weighted by atomic mass is 79.9. The lowest BCUT2D eigenvalue weighted by Gasteiger charge is -2.15. The molecule has 6 heteroatoms. The van der Waals surface area contributed by atoms with E-state index in [-0.39, 0.29) is 19.2 Å². The first-order valence-corrected chi connectivity index (χ1v) is 5.61. The molecular weight excluding hydrogens is 263 g/mol. The van der Waals surface area contributed by atoms with Crippen LogP contribution in [0.3, 0.4) is 0 Å². The smallest absolute Gasteiger partial charge is 0.312 e. The minimum absolute atomic E-state index is 0.227. The molecule has 1 atom stereocenters. The maximum atomic E-state index is 11.6. The van der Waals surface area contributed by atoms with Crippen molar-refractivity contribution in [3.05, 3.63) is 0 Å². The largest absolute Gasteiger partial charge is 0.522 e. The van der Waals surface area contributed by atoms with Gasteiger partial charge in [-0.3, -0.25) is 4.74 Å². The van der Waals surface area contributed by atoms with Gasteiger partial charge in [0, 0.05) is 17.9 Å². The summed E-state index contributed by atoms with van der Waals surface area (Å²) in [6, 6.07) is 0.256. The lowest BCUT2D eigenvalue weighted by atomic mass is 10.2. The molecule has 86 valence electrons. The summed E-state index contributed by atoms with van der Waals surface area (Å²) in [6.45, 7) is 1.89. The highest BCUT2D eigenvalue weighted by molar-refractivity contribution is 9.09. The van der Waals surface area contributed by atoms with Gasteiger partial charge in [0.05, 0.1) is 6.61 Å². The molecule has 0 saturated carbocycles. The number of ether oxygens (including phenoxy) is 1. The van der Waals surface area contributed by atoms with Crippen LogP contribution in [0.15, 0.2) is 0 Å². The third-order valence-electron chi connectivity index (χ3n) is 1.75. The van der Waals surface area contributed by atoms with E-state index in [9.17, 15) is 13.2 Å². The number of hydrogen-bond donors (Lipinski definition) is 1. The Bertz CT molecular complexity index is 143. The third-order valence-corrected chi connectivity index (χ3v) is 2.21. The van der Waals surface area contributed by atoms with Gasteiger partial charge in [0.1, 0.15) is 0 Å². The Morgan fingerprint density at radius 3 is 2.50 bits per heavy atom. The summed E-state index contributed by atoms with van der Waals surface area (Å²) in [5.41, 5.74) is 0. The van der Waals surface area contributed by atoms with Crippen molar-refractivity contribution in [2.45, 2.75) is 32.2 Å². The van der Waals surface area contributed by atoms with Gasteiger partial charge in [-0.25, -0.2) is 0 Å². The summed E-state index contributed by atoms with van der Waals surface area (Å²) in [5, 5.41) is 3.83. The monoisotopic (exact) mass is 277 g/mol. The van der Waals surface area contributed by atoms with Crippen molar-refractivity contribution >= 4 is 15.9 Å². The van der Waals surface area contributed by atoms with E-state index in [1.165, 1.54) is 0 Å². The Balaban J connectivity index is 3.42. The zero-order valence-corrected chi connectivity index (χ0v) is 9.62. The van der Waals surface area contributed by atoms with Gasteiger partial charge in [-0.05, 0) is 12.8 Å². The quantitative estimate of drug-likeness (QED) is 0.571. The first-order chi connectivity index (χ1) is 6.49. The van der Waals surface area contributed by atoms with Gasteiger partial charge in [-0.2, -0.15) is 0 Å². The van der Waals surface area contributed by atoms with Crippen molar-refractivity contribution < 1.29 is 17.9 Å². The van der Waals surface area contributed by atoms with Crippen LogP contribution in [0.5, 0.6) is 0 Å². The maximum absolute atomic E-state index is 11.6. The number of rotatable bonds is 7. The first kappa shape index (κ1) is 14.2. The van der Waals surface area contributed by atoms with E-state index in [4.69, 9.17) is 0 Å². The van der Waals surface area contributed by atoms with E-state index in [0.717, 1.165) is 18.2 Å². The van der Waals surface area contributed by atoms with Crippen LogP contribution in [0, 0.1) is 0 Å². The molecule has 0 bridgehead atoms. The predicted molar refractivity (Wildman–Crippen MR) is 52.5 cm³/mol. The van der Waals surface area contributed by atoms with Gasteiger partial charge >= 0.3 is 6.36 Å². The molecule has 0 aliphatic rings. The number of hydrogen-bond acceptors (Lipinski definition) is 2. The van der Waals surface area contributed by atoms with Gasteiger partial charge < -0.3 is 5.32 Å². The van der Waals surface area contributed by atoms with Crippen molar-refractivity contribution in [1.29, 1.82) is 0 Å². The SMILES string of the molecule is CCC(CCBr)NCCOC(F)(F)F. The fourth-order valence-corrected chi connectivity index (χ4v) is 1.56. The summed E-state index contributed by atoms with van der Waals surface area (Å²) in [5.74, 6) is 0. The molecule has 0 aliphatic carbocycles. The molecule has 1 N–H and O–H groups in total. The Kier molecular flexibility index (Phi) is 7.58. The standard InChI is InChI=1S/C8H15BrF3NO/c1-2-7(3-4-9)13-5-6-14-8(10,11)12/h7,13H,2-6H2,1H3. The Hall–Kier alpha value is 0.190. The summed E-state index contributed by atoms with van der Waals surface area (Å²) in [4.78, 5) is 0. The van der Waals surface area contributed by atoms with Crippen LogP contribution in [-0.4, -0.2) is 30.9 Å². The van der Waals surface area contributed by atoms with Crippen molar-refractivity contribution in [3.63, 3.8) is 0 Å². The molecule has 1 unspecified atom stereocenters. The van der Waals surface area contributed by atoms with Gasteiger partial charge in [0.25, 0.3) is 0 Å². The molecule has 0 radical (unpaired) electrons. The lowest BCUT2D eigenvalue weighted by molar-refractivity contribution is -0.323. The van der Waals surface area contributed by atoms with Crippen LogP contribution in [0.1, 0.15) is 19.8 Å². The minimum atomic E-state index is -4.52. The molecule has 0 fully saturated rings. The molecule has 2 nitrogen and oxygen atoms in total. The summed E-state index contributed by atoms with van der Waals surface area (Å²) >= 11 is 3.28. The molecule has 0 saturated heterocycles. The molecule has 0 rings (SSSR count). The predicted octanol–water partition coefficient (Wildman–Crippen LogP) is 2.68. The number of alkyl halides is 4. The molecule has 0 aliphatic heterocycles. The Morgan fingerprint density at radius 1 is 1.43 bits per heavy atom. The highest BCUT2D eigenvalue weighted by Gasteiger charge is 2.28. The lowest BCUT2D eigenvalue weighted by Crippen LogP contribution is -2.33. The van der Waals surface area contributed by atoms with Crippen LogP contribution >= 0.6 is 15.9 Å². The van der Waals surface area contributed by atoms with Crippen LogP contribution in [0.2, 0.25) is 0 Å². The second-order valence-corrected chi connectivity index (χ2v) is 3.62. The molecule has 0 aromatic heterocycles. The third kappa shape index (κ3) is 8.77. The summed E-state index contributed by atoms with van der Waals surface area (Å²) in [7, 11) is 0. The van der Waals surface area contributed by atoms with Gasteiger partial charge in [0.15, 0.2) is 0 Å². The molecule has 0 aromatic carbocycles. The molecule has 0 spiro atoms. The van der Waals surface area contributed by atoms with E-state index < -0.39 is 6.36 Å². The van der Waals surface area contributed by atoms with Crippen molar-refractivity contribution in [1.82, 2.24) is 5.32 Å². The zero-order chi connectivity index (χ0) is 11.0. The fraction of sp³-hybridized carbons (Fsp3) is 1.00. The fourth-order valence-electron chi connectivity index (χ4n) is 1.01. The average molecular weight is 278 g/mol. The van der Waals surface area contributed by atoms with Crippen LogP contribution < -0.4 is 5.32 Å². The van der Waals surface area contributed by atoms with Crippen molar-refractivity contribution in [2.75, 3.05) is 18.5 Å². The molecule has 0 amide bonds. The topological polar surface area (TPSA) is 21.3 Å². The second-order valence-electron chi connectivity index (χ2n) is 2.83. The van der Waals surface area contributed by atoms with E-state index in [0.29, 0.717) is 0 Å². The van der Waals surface area contributed by atoms with Gasteiger partial charge in [-0.15, -0.1) is 13.2 Å². The second kappa shape index (κ2) is 7.48. The van der Waals surface area contributed by atoms with E-state index in [1.807, 2.05) is 6.92 Å². The van der Waals surface area contributed by atoms with Gasteiger partial charge in [-0.1, -0.05) is 22.9 Å². The highest BCUT2D eigenvalue weighted by Crippen LogP contribution is 2.15. The van der Waals surface area contributed by atoms with Crippen molar-refractivity contribution in [3.8, 4) is 0 Å². The summed E-state index contributed by atoms with van der Waals surface area (Å²) < 4.78 is 38.3. The molecule has 14 heavy (non-hydrogen) atoms. The van der Waals surface area contributed by atoms with Crippen molar-refractivity contribution in [2.24, 2.45) is 0 Å². The van der Waals surface area contributed by atoms with Crippen LogP contribution in [-0.2, 0) is 4.74 Å². The Labute approximate surface area is 90.3 Å². The zero-order valence-electron chi connectivity index (χ0n) is 8.03. The number of nitrogens with one attached hydrogen (secondary N) is 1. The van der Waals surface area contributed by atoms with Crippen LogP contribution in [0.4, 0.5) is 13.2 Å². The average Bonchev–Trinajstić information content (AvgIpc) is 2.08.